The van der Waals surface area contributed by atoms with Crippen LogP contribution < -0.4 is 10.1 Å². The number of aromatic nitrogens is 2. The lowest BCUT2D eigenvalue weighted by molar-refractivity contribution is 0.415. The average molecular weight is 322 g/mol. The first-order valence-corrected chi connectivity index (χ1v) is 7.10. The Hall–Kier alpha value is -1.33. The fourth-order valence-electron chi connectivity index (χ4n) is 2.47. The van der Waals surface area contributed by atoms with E-state index in [4.69, 9.17) is 4.74 Å². The van der Waals surface area contributed by atoms with Crippen LogP contribution in [0.5, 0.6) is 5.75 Å². The van der Waals surface area contributed by atoms with Gasteiger partial charge >= 0.3 is 0 Å². The van der Waals surface area contributed by atoms with E-state index in [2.05, 4.69) is 49.9 Å². The lowest BCUT2D eigenvalue weighted by Crippen LogP contribution is -2.28. The normalized spacial score (nSPS) is 14.3. The third-order valence-electron chi connectivity index (χ3n) is 3.42. The molecule has 100 valence electrons. The molecule has 1 aliphatic heterocycles. The van der Waals surface area contributed by atoms with Crippen molar-refractivity contribution in [3.8, 4) is 17.1 Å². The van der Waals surface area contributed by atoms with Crippen molar-refractivity contribution in [2.45, 2.75) is 20.0 Å². The van der Waals surface area contributed by atoms with Crippen LogP contribution in [0.25, 0.3) is 11.4 Å². The molecular weight excluding hydrogens is 306 g/mol. The number of imidazole rings is 1. The van der Waals surface area contributed by atoms with Gasteiger partial charge in [0.15, 0.2) is 0 Å². The van der Waals surface area contributed by atoms with E-state index in [0.29, 0.717) is 0 Å². The van der Waals surface area contributed by atoms with Gasteiger partial charge in [-0.15, -0.1) is 0 Å². The maximum Gasteiger partial charge on any atom is 0.145 e. The summed E-state index contributed by atoms with van der Waals surface area (Å²) in [6, 6.07) is 6.18. The highest BCUT2D eigenvalue weighted by Gasteiger charge is 2.21. The second-order valence-electron chi connectivity index (χ2n) is 4.71. The number of benzene rings is 1. The van der Waals surface area contributed by atoms with Gasteiger partial charge in [-0.1, -0.05) is 11.6 Å². The molecule has 0 saturated carbocycles. The molecule has 0 unspecified atom stereocenters. The minimum Gasteiger partial charge on any atom is -0.496 e. The van der Waals surface area contributed by atoms with Gasteiger partial charge in [0.05, 0.1) is 18.4 Å². The van der Waals surface area contributed by atoms with Crippen LogP contribution in [-0.4, -0.2) is 23.2 Å². The van der Waals surface area contributed by atoms with Gasteiger partial charge in [-0.2, -0.15) is 0 Å². The summed E-state index contributed by atoms with van der Waals surface area (Å²) in [6.07, 6.45) is 0. The Morgan fingerprint density at radius 3 is 3.05 bits per heavy atom. The van der Waals surface area contributed by atoms with Crippen LogP contribution in [0.4, 0.5) is 0 Å². The number of nitrogens with one attached hydrogen (secondary N) is 1. The maximum atomic E-state index is 5.47. The number of hydrogen-bond acceptors (Lipinski definition) is 3. The number of fused-ring (bicyclic) bond motifs is 1. The molecule has 1 aliphatic rings. The number of methoxy groups -OCH3 is 1. The molecule has 19 heavy (non-hydrogen) atoms. The van der Waals surface area contributed by atoms with Crippen molar-refractivity contribution < 1.29 is 4.74 Å². The van der Waals surface area contributed by atoms with Crippen LogP contribution in [0, 0.1) is 6.92 Å². The van der Waals surface area contributed by atoms with Gasteiger partial charge in [-0.3, -0.25) is 0 Å². The topological polar surface area (TPSA) is 39.1 Å². The van der Waals surface area contributed by atoms with Gasteiger partial charge < -0.3 is 14.6 Å². The molecule has 2 aromatic rings. The molecule has 5 heteroatoms. The summed E-state index contributed by atoms with van der Waals surface area (Å²) in [6.45, 7) is 4.83. The Balaban J connectivity index is 2.19. The Labute approximate surface area is 120 Å². The molecule has 2 heterocycles. The zero-order valence-corrected chi connectivity index (χ0v) is 12.6. The van der Waals surface area contributed by atoms with Gasteiger partial charge in [-0.25, -0.2) is 4.98 Å². The van der Waals surface area contributed by atoms with Gasteiger partial charge in [-0.05, 0) is 35.0 Å². The van der Waals surface area contributed by atoms with Crippen molar-refractivity contribution in [1.82, 2.24) is 14.9 Å². The average Bonchev–Trinajstić information content (AvgIpc) is 2.77. The van der Waals surface area contributed by atoms with Gasteiger partial charge in [0, 0.05) is 19.6 Å². The summed E-state index contributed by atoms with van der Waals surface area (Å²) < 4.78 is 8.65. The first kappa shape index (κ1) is 12.7. The lowest BCUT2D eigenvalue weighted by atomic mass is 10.1. The summed E-state index contributed by atoms with van der Waals surface area (Å²) in [5.41, 5.74) is 3.46. The van der Waals surface area contributed by atoms with Gasteiger partial charge in [0.1, 0.15) is 16.2 Å². The summed E-state index contributed by atoms with van der Waals surface area (Å²) in [5.74, 6) is 1.84. The zero-order valence-electron chi connectivity index (χ0n) is 11.0. The van der Waals surface area contributed by atoms with E-state index < -0.39 is 0 Å². The van der Waals surface area contributed by atoms with Crippen LogP contribution in [0.2, 0.25) is 0 Å². The van der Waals surface area contributed by atoms with Crippen LogP contribution in [0.1, 0.15) is 11.3 Å². The van der Waals surface area contributed by atoms with E-state index in [9.17, 15) is 0 Å². The summed E-state index contributed by atoms with van der Waals surface area (Å²) in [7, 11) is 1.70. The molecule has 0 saturated heterocycles. The fraction of sp³-hybridized carbons (Fsp3) is 0.357. The van der Waals surface area contributed by atoms with Gasteiger partial charge in [0.2, 0.25) is 0 Å². The van der Waals surface area contributed by atoms with E-state index in [1.54, 1.807) is 7.11 Å². The van der Waals surface area contributed by atoms with Crippen molar-refractivity contribution in [1.29, 1.82) is 0 Å². The lowest BCUT2D eigenvalue weighted by Gasteiger charge is -2.19. The predicted octanol–water partition coefficient (Wildman–Crippen LogP) is 2.73. The molecule has 0 spiro atoms. The number of hydrogen-bond donors (Lipinski definition) is 1. The molecular formula is C14H16BrN3O. The second-order valence-corrected chi connectivity index (χ2v) is 5.46. The summed E-state index contributed by atoms with van der Waals surface area (Å²) >= 11 is 3.55. The van der Waals surface area contributed by atoms with Crippen molar-refractivity contribution in [3.63, 3.8) is 0 Å². The minimum absolute atomic E-state index is 0.849. The number of rotatable bonds is 2. The highest BCUT2D eigenvalue weighted by atomic mass is 79.9. The number of nitrogens with zero attached hydrogens (tertiary/aromatic N) is 2. The van der Waals surface area contributed by atoms with E-state index in [-0.39, 0.29) is 0 Å². The molecule has 0 radical (unpaired) electrons. The largest absolute Gasteiger partial charge is 0.496 e. The second kappa shape index (κ2) is 4.98. The first-order chi connectivity index (χ1) is 9.20. The SMILES string of the molecule is COc1ccc(C)cc1-c1nc(Br)c2n1CCNC2. The van der Waals surface area contributed by atoms with E-state index in [1.165, 1.54) is 11.3 Å². The van der Waals surface area contributed by atoms with Gasteiger partial charge in [0.25, 0.3) is 0 Å². The number of halogens is 1. The summed E-state index contributed by atoms with van der Waals surface area (Å²) in [4.78, 5) is 4.67. The third-order valence-corrected chi connectivity index (χ3v) is 4.06. The highest BCUT2D eigenvalue weighted by molar-refractivity contribution is 9.10. The van der Waals surface area contributed by atoms with Crippen molar-refractivity contribution >= 4 is 15.9 Å². The number of aryl methyl sites for hydroxylation is 1. The van der Waals surface area contributed by atoms with Crippen LogP contribution >= 0.6 is 15.9 Å². The highest BCUT2D eigenvalue weighted by Crippen LogP contribution is 2.33. The molecule has 1 aromatic carbocycles. The fourth-order valence-corrected chi connectivity index (χ4v) is 2.99. The van der Waals surface area contributed by atoms with Crippen LogP contribution in [0.15, 0.2) is 22.8 Å². The molecule has 0 fully saturated rings. The molecule has 4 nitrogen and oxygen atoms in total. The van der Waals surface area contributed by atoms with Crippen molar-refractivity contribution in [2.75, 3.05) is 13.7 Å². The van der Waals surface area contributed by atoms with Crippen molar-refractivity contribution in [3.05, 3.63) is 34.1 Å². The Kier molecular flexibility index (Phi) is 3.33. The molecule has 1 N–H and O–H groups in total. The molecule has 0 aliphatic carbocycles. The van der Waals surface area contributed by atoms with E-state index >= 15 is 0 Å². The van der Waals surface area contributed by atoms with Crippen molar-refractivity contribution in [2.24, 2.45) is 0 Å². The van der Waals surface area contributed by atoms with Crippen LogP contribution in [0.3, 0.4) is 0 Å². The Morgan fingerprint density at radius 2 is 2.26 bits per heavy atom. The maximum absolute atomic E-state index is 5.47. The van der Waals surface area contributed by atoms with Crippen LogP contribution in [-0.2, 0) is 13.1 Å². The van der Waals surface area contributed by atoms with E-state index in [1.807, 2.05) is 6.07 Å². The predicted molar refractivity (Wildman–Crippen MR) is 78.4 cm³/mol. The molecule has 1 aromatic heterocycles. The zero-order chi connectivity index (χ0) is 13.4. The third kappa shape index (κ3) is 2.17. The summed E-state index contributed by atoms with van der Waals surface area (Å²) in [5, 5.41) is 3.36. The Morgan fingerprint density at radius 1 is 1.42 bits per heavy atom. The minimum atomic E-state index is 0.849. The molecule has 3 rings (SSSR count). The Bertz CT molecular complexity index is 621. The monoisotopic (exact) mass is 321 g/mol. The molecule has 0 bridgehead atoms. The smallest absolute Gasteiger partial charge is 0.145 e. The standard InChI is InChI=1S/C14H16BrN3O/c1-9-3-4-12(19-2)10(7-9)14-17-13(15)11-8-16-5-6-18(11)14/h3-4,7,16H,5-6,8H2,1-2H3. The molecule has 0 atom stereocenters. The quantitative estimate of drug-likeness (QED) is 0.924. The number of ether oxygens (including phenoxy) is 1. The molecule has 0 amide bonds. The first-order valence-electron chi connectivity index (χ1n) is 6.31. The van der Waals surface area contributed by atoms with E-state index in [0.717, 1.165) is 41.4 Å².